The van der Waals surface area contributed by atoms with Crippen LogP contribution in [0.4, 0.5) is 0 Å². The van der Waals surface area contributed by atoms with Crippen molar-refractivity contribution in [3.05, 3.63) is 356 Å². The van der Waals surface area contributed by atoms with Gasteiger partial charge in [0.1, 0.15) is 30.5 Å². The van der Waals surface area contributed by atoms with Gasteiger partial charge in [-0.3, -0.25) is 0 Å². The van der Waals surface area contributed by atoms with Gasteiger partial charge in [-0.15, -0.1) is 0 Å². The Bertz CT molecular complexity index is 7100. The molecule has 0 aromatic heterocycles. The maximum atomic E-state index is 8.30. The molecule has 0 aliphatic rings. The van der Waals surface area contributed by atoms with Crippen LogP contribution < -0.4 is 0 Å². The van der Waals surface area contributed by atoms with Crippen LogP contribution in [0.25, 0.3) is 0 Å². The first-order valence-electron chi connectivity index (χ1n) is 65.1. The van der Waals surface area contributed by atoms with Crippen LogP contribution >= 0.6 is 0 Å². The Kier molecular flexibility index (Phi) is 12.1. The molecule has 0 radical (unpaired) electrons. The van der Waals surface area contributed by atoms with Crippen LogP contribution in [0.3, 0.4) is 0 Å². The van der Waals surface area contributed by atoms with E-state index in [4.69, 9.17) is 122 Å². The van der Waals surface area contributed by atoms with Crippen LogP contribution in [-0.2, 0) is 23.7 Å². The standard InChI is InChI=1S/5C18H23NO/c5*1-15-9-7-8-12-17(15)18(20-14-13-19(2)3)16-10-5-4-6-11-16/h5*4-12,18H,13-14H2,1-3H3/i1D3,2D3,3D3,4D,5D,6D,10D,11D,13D2,14D2;1D3,2D3,3D3,4D,5D,6D,10D,11D,14D2;1D3,2D3,3D3,4D,5D,6D,10D,11D,13D2;1D3,4D,5D,6D,10D,11D,13D2,14D2;1D3,4D,5D,6D,10D,11D,14D2. The highest BCUT2D eigenvalue weighted by Gasteiger charge is 2.21. The number of ether oxygens (including phenoxy) is 5. The average Bonchev–Trinajstić information content (AvgIpc) is 0.737. The highest BCUT2D eigenvalue weighted by Crippen LogP contribution is 2.33. The largest absolute Gasteiger partial charge is 0.367 e. The molecule has 0 aliphatic heterocycles. The Balaban J connectivity index is 0.000000326. The number of hydrogen-bond acceptors (Lipinski definition) is 10. The van der Waals surface area contributed by atoms with E-state index in [-0.39, 0.29) is 66.4 Å². The highest BCUT2D eigenvalue weighted by atomic mass is 16.5. The van der Waals surface area contributed by atoms with E-state index in [9.17, 15) is 0 Å². The number of benzene rings is 10. The van der Waals surface area contributed by atoms with Gasteiger partial charge in [-0.25, -0.2) is 0 Å². The molecule has 0 amide bonds. The van der Waals surface area contributed by atoms with Gasteiger partial charge in [0.15, 0.2) is 0 Å². The molecule has 0 bridgehead atoms. The lowest BCUT2D eigenvalue weighted by Gasteiger charge is -2.22. The molecule has 10 rings (SSSR count). The predicted octanol–water partition coefficient (Wildman–Crippen LogP) is 18.3. The second-order valence-electron chi connectivity index (χ2n) is 20.1. The Hall–Kier alpha value is -8.20. The van der Waals surface area contributed by atoms with Crippen molar-refractivity contribution in [1.29, 1.82) is 0 Å². The summed E-state index contributed by atoms with van der Waals surface area (Å²) in [4.78, 5) is 1.27. The van der Waals surface area contributed by atoms with Crippen molar-refractivity contribution >= 4 is 0 Å². The van der Waals surface area contributed by atoms with E-state index in [1.807, 2.05) is 0 Å². The van der Waals surface area contributed by atoms with Gasteiger partial charge in [0.2, 0.25) is 0 Å². The summed E-state index contributed by atoms with van der Waals surface area (Å²) in [6.07, 6.45) is -9.31. The van der Waals surface area contributed by atoms with Crippen molar-refractivity contribution in [2.24, 2.45) is 0 Å². The molecule has 0 saturated carbocycles. The topological polar surface area (TPSA) is 62.4 Å². The van der Waals surface area contributed by atoms with Crippen LogP contribution in [-0.4, -0.2) is 160 Å². The van der Waals surface area contributed by atoms with Crippen molar-refractivity contribution < 1.29 is 122 Å². The lowest BCUT2D eigenvalue weighted by atomic mass is 9.97. The Morgan fingerprint density at radius 3 is 0.780 bits per heavy atom. The summed E-state index contributed by atoms with van der Waals surface area (Å²) >= 11 is 0. The first-order valence-corrected chi connectivity index (χ1v) is 29.1. The maximum Gasteiger partial charge on any atom is 0.108 e. The van der Waals surface area contributed by atoms with Crippen molar-refractivity contribution in [2.75, 3.05) is 135 Å². The molecule has 0 heterocycles. The summed E-state index contributed by atoms with van der Waals surface area (Å²) in [5.74, 6) is 0. The number of rotatable bonds is 30. The van der Waals surface area contributed by atoms with Gasteiger partial charge in [0, 0.05) is 86.0 Å². The van der Waals surface area contributed by atoms with E-state index in [2.05, 4.69) is 0 Å². The predicted molar refractivity (Wildman–Crippen MR) is 420 cm³/mol. The fraction of sp³-hybridized carbons (Fsp3) is 0.333. The van der Waals surface area contributed by atoms with Gasteiger partial charge in [0.05, 0.1) is 78.1 Å². The second kappa shape index (κ2) is 45.5. The number of hydrogen-bond donors (Lipinski definition) is 0. The van der Waals surface area contributed by atoms with Crippen LogP contribution in [0.2, 0.25) is 0 Å². The third kappa shape index (κ3) is 28.8. The first kappa shape index (κ1) is 26.6. The summed E-state index contributed by atoms with van der Waals surface area (Å²) in [5.41, 5.74) is -5.41. The fourth-order valence-corrected chi connectivity index (χ4v) is 7.95. The van der Waals surface area contributed by atoms with Crippen molar-refractivity contribution in [2.45, 2.75) is 64.8 Å². The normalized spacial score (nSPS) is 25.4. The van der Waals surface area contributed by atoms with Gasteiger partial charge < -0.3 is 48.2 Å². The minimum atomic E-state index is -3.95. The molecule has 0 aliphatic carbocycles. The SMILES string of the molecule is [2H]c1c([2H])c([2H])c(C(OC([2H])([2H])C([2H])([2H])N(C([2H])([2H])[2H])C([2H])([2H])[2H])c2ccccc2C([2H])([2H])[2H])c([2H])c1[2H].[2H]c1c([2H])c([2H])c(C(OC([2H])([2H])C([2H])([2H])N(C)C)c2ccccc2C([2H])([2H])[2H])c([2H])c1[2H].[2H]c1c([2H])c([2H])c(C(OC([2H])([2H])CN(C([2H])([2H])[2H])C([2H])([2H])[2H])c2ccccc2C([2H])([2H])[2H])c([2H])c1[2H].[2H]c1c([2H])c([2H])c(C(OC([2H])([2H])CN(C)C)c2ccccc2C([2H])([2H])[2H])c([2H])c1[2H].[2H]c1c([2H])c([2H])c(C(OCC([2H])([2H])N(C([2H])([2H])[2H])C([2H])([2H])[2H])c2ccccc2C([2H])([2H])[2H])c([2H])c1[2H]. The molecule has 5 atom stereocenters. The van der Waals surface area contributed by atoms with E-state index in [1.165, 1.54) is 128 Å². The lowest BCUT2D eigenvalue weighted by Crippen LogP contribution is -2.20. The third-order valence-electron chi connectivity index (χ3n) is 12.4. The zero-order valence-electron chi connectivity index (χ0n) is 126. The van der Waals surface area contributed by atoms with Crippen LogP contribution in [0.15, 0.2) is 272 Å². The molecule has 10 nitrogen and oxygen atoms in total. The van der Waals surface area contributed by atoms with Crippen LogP contribution in [0, 0.1) is 34.3 Å². The van der Waals surface area contributed by atoms with Crippen molar-refractivity contribution in [1.82, 2.24) is 24.5 Å². The Labute approximate surface area is 703 Å². The summed E-state index contributed by atoms with van der Waals surface area (Å²) in [6, 6.07) is 7.51. The molecule has 10 aromatic rings. The summed E-state index contributed by atoms with van der Waals surface area (Å²) in [5, 5.41) is 0. The quantitative estimate of drug-likeness (QED) is 0.0435. The molecule has 530 valence electrons. The van der Waals surface area contributed by atoms with Gasteiger partial charge >= 0.3 is 0 Å². The Morgan fingerprint density at radius 1 is 0.280 bits per heavy atom. The van der Waals surface area contributed by atoms with E-state index < -0.39 is 355 Å². The minimum absolute atomic E-state index is 0.0126. The van der Waals surface area contributed by atoms with Crippen molar-refractivity contribution in [3.63, 3.8) is 0 Å². The van der Waals surface area contributed by atoms with Crippen LogP contribution in [0.1, 0.15) is 213 Å². The molecular formula is C90H115N5O5. The number of nitrogens with zero attached hydrogens (tertiary/aromatic N) is 5. The first-order chi connectivity index (χ1) is 77.2. The van der Waals surface area contributed by atoms with E-state index in [0.29, 0.717) is 0 Å². The lowest BCUT2D eigenvalue weighted by molar-refractivity contribution is 0.0682. The monoisotopic (exact) mass is 1420 g/mol. The fourth-order valence-electron chi connectivity index (χ4n) is 7.95. The summed E-state index contributed by atoms with van der Waals surface area (Å²) < 4.78 is 596. The molecule has 5 unspecified atom stereocenters. The van der Waals surface area contributed by atoms with Gasteiger partial charge in [0.25, 0.3) is 0 Å². The minimum Gasteiger partial charge on any atom is -0.367 e. The smallest absolute Gasteiger partial charge is 0.108 e. The van der Waals surface area contributed by atoms with Crippen LogP contribution in [0.5, 0.6) is 0 Å². The average molecular weight is 1420 g/mol. The van der Waals surface area contributed by atoms with Crippen molar-refractivity contribution in [3.8, 4) is 0 Å². The summed E-state index contributed by atoms with van der Waals surface area (Å²) in [6.45, 7) is -59.6. The molecule has 100 heavy (non-hydrogen) atoms. The highest BCUT2D eigenvalue weighted by molar-refractivity contribution is 5.40. The zero-order chi connectivity index (χ0) is 134. The zero-order valence-corrected chi connectivity index (χ0v) is 53.8. The maximum absolute atomic E-state index is 8.30. The third-order valence-corrected chi connectivity index (χ3v) is 12.4. The molecule has 0 fully saturated rings. The van der Waals surface area contributed by atoms with E-state index in [0.717, 1.165) is 17.0 Å². The summed E-state index contributed by atoms with van der Waals surface area (Å²) in [7, 11) is 5.79. The van der Waals surface area contributed by atoms with Gasteiger partial charge in [-0.05, 0) is 188 Å². The van der Waals surface area contributed by atoms with E-state index in [1.54, 1.807) is 14.1 Å². The number of aryl methyl sites for hydroxylation is 5. The molecule has 10 aromatic carbocycles. The number of likely N-dealkylation sites (N-methyl/N-ethyl adjacent to an activating group) is 5. The van der Waals surface area contributed by atoms with Gasteiger partial charge in [-0.2, -0.15) is 0 Å². The van der Waals surface area contributed by atoms with E-state index >= 15 is 0 Å². The molecule has 10 heteroatoms. The molecule has 0 spiro atoms. The molecular weight excluding hydrogens is 1230 g/mol. The van der Waals surface area contributed by atoms with Gasteiger partial charge in [-0.1, -0.05) is 272 Å². The molecule has 0 saturated heterocycles. The second-order valence-corrected chi connectivity index (χ2v) is 20.1. The molecule has 0 N–H and O–H groups in total. The Morgan fingerprint density at radius 2 is 0.520 bits per heavy atom.